The molecular weight excluding hydrogens is 190 g/mol. The molecule has 1 amide bonds. The van der Waals surface area contributed by atoms with Crippen LogP contribution in [0.15, 0.2) is 0 Å². The van der Waals surface area contributed by atoms with Gasteiger partial charge in [-0.2, -0.15) is 0 Å². The fourth-order valence-electron chi connectivity index (χ4n) is 2.14. The molecule has 1 N–H and O–H groups in total. The van der Waals surface area contributed by atoms with E-state index in [2.05, 4.69) is 0 Å². The zero-order chi connectivity index (χ0) is 11.5. The normalized spacial score (nSPS) is 22.9. The van der Waals surface area contributed by atoms with Crippen molar-refractivity contribution in [3.63, 3.8) is 0 Å². The van der Waals surface area contributed by atoms with Gasteiger partial charge in [0, 0.05) is 25.1 Å². The van der Waals surface area contributed by atoms with Crippen molar-refractivity contribution in [3.8, 4) is 0 Å². The first kappa shape index (κ1) is 12.5. The number of hydrogen-bond acceptors (Lipinski definition) is 2. The molecule has 1 atom stereocenters. The van der Waals surface area contributed by atoms with E-state index in [9.17, 15) is 4.79 Å². The Morgan fingerprint density at radius 2 is 2.13 bits per heavy atom. The molecule has 3 heteroatoms. The van der Waals surface area contributed by atoms with Crippen LogP contribution >= 0.6 is 0 Å². The topological polar surface area (TPSA) is 40.5 Å². The zero-order valence-electron chi connectivity index (χ0n) is 10.1. The van der Waals surface area contributed by atoms with Gasteiger partial charge in [0.15, 0.2) is 0 Å². The van der Waals surface area contributed by atoms with Gasteiger partial charge >= 0.3 is 0 Å². The molecule has 0 saturated carbocycles. The Bertz CT molecular complexity index is 218. The highest BCUT2D eigenvalue weighted by Gasteiger charge is 2.30. The van der Waals surface area contributed by atoms with Gasteiger partial charge in [-0.05, 0) is 25.2 Å². The van der Waals surface area contributed by atoms with Crippen molar-refractivity contribution in [2.45, 2.75) is 40.0 Å². The molecule has 0 aliphatic carbocycles. The lowest BCUT2D eigenvalue weighted by molar-refractivity contribution is -0.141. The molecule has 1 unspecified atom stereocenters. The van der Waals surface area contributed by atoms with Crippen LogP contribution in [0.1, 0.15) is 40.0 Å². The van der Waals surface area contributed by atoms with E-state index in [1.54, 1.807) is 0 Å². The molecule has 0 aromatic rings. The molecule has 1 aliphatic rings. The molecule has 1 heterocycles. The SMILES string of the molecule is CC(C)(C)C(=O)N1CCCC(CCO)C1. The van der Waals surface area contributed by atoms with Gasteiger partial charge in [0.1, 0.15) is 0 Å². The molecule has 0 bridgehead atoms. The summed E-state index contributed by atoms with van der Waals surface area (Å²) in [5, 5.41) is 8.90. The third kappa shape index (κ3) is 3.49. The second-order valence-corrected chi connectivity index (χ2v) is 5.52. The number of carbonyl (C=O) groups excluding carboxylic acids is 1. The van der Waals surface area contributed by atoms with E-state index in [0.717, 1.165) is 32.4 Å². The van der Waals surface area contributed by atoms with Crippen LogP contribution in [0.5, 0.6) is 0 Å². The first-order valence-corrected chi connectivity index (χ1v) is 5.85. The number of rotatable bonds is 2. The van der Waals surface area contributed by atoms with E-state index in [-0.39, 0.29) is 17.9 Å². The Morgan fingerprint density at radius 3 is 2.67 bits per heavy atom. The van der Waals surface area contributed by atoms with E-state index >= 15 is 0 Å². The van der Waals surface area contributed by atoms with Gasteiger partial charge in [-0.15, -0.1) is 0 Å². The summed E-state index contributed by atoms with van der Waals surface area (Å²) in [5.74, 6) is 0.736. The van der Waals surface area contributed by atoms with Gasteiger partial charge in [-0.25, -0.2) is 0 Å². The maximum absolute atomic E-state index is 12.0. The maximum Gasteiger partial charge on any atom is 0.227 e. The van der Waals surface area contributed by atoms with Crippen molar-refractivity contribution in [1.29, 1.82) is 0 Å². The number of piperidine rings is 1. The average Bonchev–Trinajstić information content (AvgIpc) is 2.16. The summed E-state index contributed by atoms with van der Waals surface area (Å²) in [6.45, 7) is 7.85. The molecule has 1 fully saturated rings. The number of carbonyl (C=O) groups is 1. The van der Waals surface area contributed by atoms with Crippen LogP contribution in [0.2, 0.25) is 0 Å². The van der Waals surface area contributed by atoms with E-state index < -0.39 is 0 Å². The molecule has 1 saturated heterocycles. The van der Waals surface area contributed by atoms with E-state index in [1.807, 2.05) is 25.7 Å². The van der Waals surface area contributed by atoms with E-state index in [4.69, 9.17) is 5.11 Å². The summed E-state index contributed by atoms with van der Waals surface area (Å²) < 4.78 is 0. The summed E-state index contributed by atoms with van der Waals surface area (Å²) in [6, 6.07) is 0. The van der Waals surface area contributed by atoms with Gasteiger partial charge in [-0.1, -0.05) is 20.8 Å². The first-order valence-electron chi connectivity index (χ1n) is 5.85. The highest BCUT2D eigenvalue weighted by molar-refractivity contribution is 5.81. The Kier molecular flexibility index (Phi) is 4.14. The lowest BCUT2D eigenvalue weighted by Gasteiger charge is -2.36. The standard InChI is InChI=1S/C12H23NO2/c1-12(2,3)11(15)13-7-4-5-10(9-13)6-8-14/h10,14H,4-9H2,1-3H3. The number of amides is 1. The molecule has 0 aromatic heterocycles. The van der Waals surface area contributed by atoms with Crippen LogP contribution in [0.4, 0.5) is 0 Å². The van der Waals surface area contributed by atoms with Crippen molar-refractivity contribution in [1.82, 2.24) is 4.90 Å². The van der Waals surface area contributed by atoms with Gasteiger partial charge in [0.05, 0.1) is 0 Å². The van der Waals surface area contributed by atoms with E-state index in [1.165, 1.54) is 0 Å². The molecule has 1 aliphatic heterocycles. The van der Waals surface area contributed by atoms with Crippen molar-refractivity contribution < 1.29 is 9.90 Å². The molecule has 88 valence electrons. The van der Waals surface area contributed by atoms with Crippen LogP contribution in [0, 0.1) is 11.3 Å². The largest absolute Gasteiger partial charge is 0.396 e. The number of hydrogen-bond donors (Lipinski definition) is 1. The fourth-order valence-corrected chi connectivity index (χ4v) is 2.14. The monoisotopic (exact) mass is 213 g/mol. The Labute approximate surface area is 92.5 Å². The summed E-state index contributed by atoms with van der Waals surface area (Å²) in [6.07, 6.45) is 3.05. The molecular formula is C12H23NO2. The minimum atomic E-state index is -0.277. The third-order valence-electron chi connectivity index (χ3n) is 2.99. The van der Waals surface area contributed by atoms with Gasteiger partial charge in [0.25, 0.3) is 0 Å². The van der Waals surface area contributed by atoms with Crippen LogP contribution in [-0.2, 0) is 4.79 Å². The summed E-state index contributed by atoms with van der Waals surface area (Å²) in [5.41, 5.74) is -0.277. The first-order chi connectivity index (χ1) is 6.95. The molecule has 0 aromatic carbocycles. The van der Waals surface area contributed by atoms with Gasteiger partial charge in [0.2, 0.25) is 5.91 Å². The number of nitrogens with zero attached hydrogens (tertiary/aromatic N) is 1. The lowest BCUT2D eigenvalue weighted by Crippen LogP contribution is -2.45. The van der Waals surface area contributed by atoms with Crippen LogP contribution in [0.25, 0.3) is 0 Å². The van der Waals surface area contributed by atoms with Crippen molar-refractivity contribution in [2.75, 3.05) is 19.7 Å². The van der Waals surface area contributed by atoms with Crippen LogP contribution in [0.3, 0.4) is 0 Å². The third-order valence-corrected chi connectivity index (χ3v) is 2.99. The van der Waals surface area contributed by atoms with Gasteiger partial charge < -0.3 is 10.0 Å². The second kappa shape index (κ2) is 4.97. The number of aliphatic hydroxyl groups excluding tert-OH is 1. The highest BCUT2D eigenvalue weighted by Crippen LogP contribution is 2.24. The summed E-state index contributed by atoms with van der Waals surface area (Å²) in [4.78, 5) is 14.0. The Balaban J connectivity index is 2.52. The molecule has 0 radical (unpaired) electrons. The molecule has 0 spiro atoms. The van der Waals surface area contributed by atoms with Crippen LogP contribution in [-0.4, -0.2) is 35.6 Å². The minimum absolute atomic E-state index is 0.238. The molecule has 15 heavy (non-hydrogen) atoms. The highest BCUT2D eigenvalue weighted by atomic mass is 16.3. The maximum atomic E-state index is 12.0. The van der Waals surface area contributed by atoms with E-state index in [0.29, 0.717) is 5.92 Å². The lowest BCUT2D eigenvalue weighted by atomic mass is 9.90. The number of likely N-dealkylation sites (tertiary alicyclic amines) is 1. The quantitative estimate of drug-likeness (QED) is 0.757. The van der Waals surface area contributed by atoms with Crippen LogP contribution < -0.4 is 0 Å². The molecule has 3 nitrogen and oxygen atoms in total. The van der Waals surface area contributed by atoms with Gasteiger partial charge in [-0.3, -0.25) is 4.79 Å². The minimum Gasteiger partial charge on any atom is -0.396 e. The summed E-state index contributed by atoms with van der Waals surface area (Å²) in [7, 11) is 0. The molecule has 1 rings (SSSR count). The number of aliphatic hydroxyl groups is 1. The van der Waals surface area contributed by atoms with Crippen molar-refractivity contribution in [3.05, 3.63) is 0 Å². The van der Waals surface area contributed by atoms with Crippen molar-refractivity contribution >= 4 is 5.91 Å². The smallest absolute Gasteiger partial charge is 0.227 e. The average molecular weight is 213 g/mol. The predicted molar refractivity (Wildman–Crippen MR) is 60.5 cm³/mol. The summed E-state index contributed by atoms with van der Waals surface area (Å²) >= 11 is 0. The fraction of sp³-hybridized carbons (Fsp3) is 0.917. The predicted octanol–water partition coefficient (Wildman–Crippen LogP) is 1.65. The second-order valence-electron chi connectivity index (χ2n) is 5.52. The van der Waals surface area contributed by atoms with Crippen molar-refractivity contribution in [2.24, 2.45) is 11.3 Å². The Hall–Kier alpha value is -0.570. The zero-order valence-corrected chi connectivity index (χ0v) is 10.1. The Morgan fingerprint density at radius 1 is 1.47 bits per heavy atom.